The van der Waals surface area contributed by atoms with E-state index in [0.29, 0.717) is 13.2 Å². The van der Waals surface area contributed by atoms with E-state index in [1.54, 1.807) is 0 Å². The third-order valence-corrected chi connectivity index (χ3v) is 5.06. The lowest BCUT2D eigenvalue weighted by Crippen LogP contribution is -2.34. The van der Waals surface area contributed by atoms with Crippen LogP contribution in [0.3, 0.4) is 0 Å². The highest BCUT2D eigenvalue weighted by atomic mass is 16.5. The van der Waals surface area contributed by atoms with Crippen molar-refractivity contribution >= 4 is 0 Å². The largest absolute Gasteiger partial charge is 0.388 e. The van der Waals surface area contributed by atoms with E-state index in [1.807, 2.05) is 41.5 Å². The zero-order valence-corrected chi connectivity index (χ0v) is 17.5. The maximum Gasteiger partial charge on any atom is 0.0875 e. The van der Waals surface area contributed by atoms with Gasteiger partial charge in [-0.15, -0.1) is 0 Å². The summed E-state index contributed by atoms with van der Waals surface area (Å²) in [6.45, 7) is 17.1. The van der Waals surface area contributed by atoms with E-state index in [9.17, 15) is 10.2 Å². The average Bonchev–Trinajstić information content (AvgIpc) is 2.63. The molecule has 148 valence electrons. The van der Waals surface area contributed by atoms with E-state index < -0.39 is 11.2 Å². The van der Waals surface area contributed by atoms with E-state index in [-0.39, 0.29) is 12.2 Å². The fourth-order valence-electron chi connectivity index (χ4n) is 1.74. The maximum atomic E-state index is 9.85. The van der Waals surface area contributed by atoms with Crippen molar-refractivity contribution in [3.8, 4) is 0 Å². The Kier molecular flexibility index (Phi) is 15.3. The Labute approximate surface area is 150 Å². The number of ether oxygens (including phenoxy) is 2. The fourth-order valence-corrected chi connectivity index (χ4v) is 1.74. The molecule has 0 aromatic rings. The monoisotopic (exact) mass is 348 g/mol. The Morgan fingerprint density at radius 1 is 0.625 bits per heavy atom. The normalized spacial score (nSPS) is 14.8. The van der Waals surface area contributed by atoms with Crippen molar-refractivity contribution in [1.29, 1.82) is 0 Å². The molecule has 0 aliphatic heterocycles. The summed E-state index contributed by atoms with van der Waals surface area (Å²) in [5, 5.41) is 19.7. The molecule has 0 aromatic heterocycles. The smallest absolute Gasteiger partial charge is 0.0875 e. The van der Waals surface area contributed by atoms with Crippen LogP contribution < -0.4 is 0 Å². The van der Waals surface area contributed by atoms with Gasteiger partial charge in [0.05, 0.1) is 36.6 Å². The lowest BCUT2D eigenvalue weighted by molar-refractivity contribution is -0.0732. The zero-order chi connectivity index (χ0) is 19.2. The van der Waals surface area contributed by atoms with Gasteiger partial charge in [-0.3, -0.25) is 0 Å². The minimum absolute atomic E-state index is 0.259. The molecule has 24 heavy (non-hydrogen) atoms. The second kappa shape index (κ2) is 14.1. The zero-order valence-electron chi connectivity index (χ0n) is 17.5. The van der Waals surface area contributed by atoms with Crippen molar-refractivity contribution in [3.63, 3.8) is 0 Å². The lowest BCUT2D eigenvalue weighted by Gasteiger charge is -2.26. The third kappa shape index (κ3) is 12.2. The van der Waals surface area contributed by atoms with Crippen LogP contribution in [0, 0.1) is 0 Å². The van der Waals surface area contributed by atoms with Crippen LogP contribution >= 0.6 is 0 Å². The highest BCUT2D eigenvalue weighted by Crippen LogP contribution is 2.16. The Balaban J connectivity index is 0. The van der Waals surface area contributed by atoms with Crippen LogP contribution in [0.2, 0.25) is 0 Å². The van der Waals surface area contributed by atoms with Gasteiger partial charge in [-0.05, 0) is 52.4 Å². The Bertz CT molecular complexity index is 245. The number of rotatable bonds is 12. The summed E-state index contributed by atoms with van der Waals surface area (Å²) in [4.78, 5) is 0. The van der Waals surface area contributed by atoms with Gasteiger partial charge in [0.1, 0.15) is 0 Å². The van der Waals surface area contributed by atoms with Gasteiger partial charge in [0.25, 0.3) is 0 Å². The van der Waals surface area contributed by atoms with E-state index in [4.69, 9.17) is 9.47 Å². The molecule has 0 rings (SSSR count). The molecule has 0 bridgehead atoms. The first-order valence-corrected chi connectivity index (χ1v) is 9.83. The van der Waals surface area contributed by atoms with Gasteiger partial charge in [-0.2, -0.15) is 0 Å². The van der Waals surface area contributed by atoms with Crippen molar-refractivity contribution in [2.45, 2.75) is 117 Å². The molecule has 2 N–H and O–H groups in total. The van der Waals surface area contributed by atoms with Crippen molar-refractivity contribution in [2.75, 3.05) is 13.2 Å². The van der Waals surface area contributed by atoms with E-state index >= 15 is 0 Å². The van der Waals surface area contributed by atoms with Crippen molar-refractivity contribution in [2.24, 2.45) is 0 Å². The number of hydrogen-bond acceptors (Lipinski definition) is 4. The minimum atomic E-state index is -0.608. The molecule has 0 aromatic carbocycles. The molecule has 0 saturated heterocycles. The summed E-state index contributed by atoms with van der Waals surface area (Å²) in [5.41, 5.74) is -1.22. The molecule has 0 aliphatic carbocycles. The summed E-state index contributed by atoms with van der Waals surface area (Å²) in [6.07, 6.45) is 5.58. The van der Waals surface area contributed by atoms with Gasteiger partial charge in [-0.25, -0.2) is 0 Å². The van der Waals surface area contributed by atoms with Crippen LogP contribution in [0.5, 0.6) is 0 Å². The quantitative estimate of drug-likeness (QED) is 0.536. The predicted molar refractivity (Wildman–Crippen MR) is 102 cm³/mol. The van der Waals surface area contributed by atoms with Gasteiger partial charge in [0.15, 0.2) is 0 Å². The Hall–Kier alpha value is -0.160. The molecule has 0 spiro atoms. The first-order chi connectivity index (χ1) is 11.2. The summed E-state index contributed by atoms with van der Waals surface area (Å²) in [7, 11) is 0. The molecular formula is C20H44O4. The number of aliphatic hydroxyl groups is 2. The van der Waals surface area contributed by atoms with Crippen molar-refractivity contribution in [3.05, 3.63) is 0 Å². The summed E-state index contributed by atoms with van der Waals surface area (Å²) < 4.78 is 11.0. The topological polar surface area (TPSA) is 58.9 Å². The summed E-state index contributed by atoms with van der Waals surface area (Å²) in [6, 6.07) is 0. The van der Waals surface area contributed by atoms with Crippen LogP contribution in [0.1, 0.15) is 93.9 Å². The molecule has 4 nitrogen and oxygen atoms in total. The third-order valence-electron chi connectivity index (χ3n) is 5.06. The second-order valence-electron chi connectivity index (χ2n) is 6.92. The summed E-state index contributed by atoms with van der Waals surface area (Å²) >= 11 is 0. The van der Waals surface area contributed by atoms with Crippen molar-refractivity contribution in [1.82, 2.24) is 0 Å². The van der Waals surface area contributed by atoms with Crippen LogP contribution in [-0.4, -0.2) is 46.8 Å². The van der Waals surface area contributed by atoms with Gasteiger partial charge in [0, 0.05) is 0 Å². The molecule has 0 fully saturated rings. The average molecular weight is 349 g/mol. The predicted octanol–water partition coefficient (Wildman–Crippen LogP) is 4.71. The molecular weight excluding hydrogens is 304 g/mol. The van der Waals surface area contributed by atoms with Crippen LogP contribution in [0.25, 0.3) is 0 Å². The standard InChI is InChI=1S/2C10H22O2/c2*1-5-9(4)12-8-10(11,6-2)7-3/h2*9,11H,5-8H2,1-4H3. The molecule has 0 radical (unpaired) electrons. The molecule has 2 unspecified atom stereocenters. The van der Waals surface area contributed by atoms with Crippen LogP contribution in [-0.2, 0) is 9.47 Å². The van der Waals surface area contributed by atoms with Gasteiger partial charge in [-0.1, -0.05) is 41.5 Å². The molecule has 0 amide bonds. The van der Waals surface area contributed by atoms with Crippen LogP contribution in [0.4, 0.5) is 0 Å². The summed E-state index contributed by atoms with van der Waals surface area (Å²) in [5.74, 6) is 0. The Morgan fingerprint density at radius 2 is 0.875 bits per heavy atom. The van der Waals surface area contributed by atoms with Gasteiger partial charge < -0.3 is 19.7 Å². The molecule has 0 saturated carbocycles. The highest BCUT2D eigenvalue weighted by molar-refractivity contribution is 4.75. The Morgan fingerprint density at radius 3 is 1.04 bits per heavy atom. The first kappa shape index (κ1) is 26.1. The number of hydrogen-bond donors (Lipinski definition) is 2. The molecule has 2 atom stereocenters. The maximum absolute atomic E-state index is 9.85. The first-order valence-electron chi connectivity index (χ1n) is 9.83. The van der Waals surface area contributed by atoms with Gasteiger partial charge >= 0.3 is 0 Å². The lowest BCUT2D eigenvalue weighted by atomic mass is 9.99. The fraction of sp³-hybridized carbons (Fsp3) is 1.00. The minimum Gasteiger partial charge on any atom is -0.388 e. The van der Waals surface area contributed by atoms with Crippen LogP contribution in [0.15, 0.2) is 0 Å². The second-order valence-corrected chi connectivity index (χ2v) is 6.92. The van der Waals surface area contributed by atoms with Crippen molar-refractivity contribution < 1.29 is 19.7 Å². The van der Waals surface area contributed by atoms with E-state index in [1.165, 1.54) is 0 Å². The highest BCUT2D eigenvalue weighted by Gasteiger charge is 2.23. The molecule has 0 aliphatic rings. The molecule has 0 heterocycles. The van der Waals surface area contributed by atoms with E-state index in [2.05, 4.69) is 13.8 Å². The van der Waals surface area contributed by atoms with Gasteiger partial charge in [0.2, 0.25) is 0 Å². The SMILES string of the molecule is CCC(C)OCC(O)(CC)CC.CCC(C)OCC(O)(CC)CC. The van der Waals surface area contributed by atoms with E-state index in [0.717, 1.165) is 38.5 Å². The molecule has 4 heteroatoms.